The largest absolute Gasteiger partial charge is 0.274 e. The van der Waals surface area contributed by atoms with E-state index in [2.05, 4.69) is 5.10 Å². The first-order valence-electron chi connectivity index (χ1n) is 8.68. The van der Waals surface area contributed by atoms with E-state index in [0.29, 0.717) is 12.0 Å². The monoisotopic (exact) mass is 412 g/mol. The molecule has 27 heavy (non-hydrogen) atoms. The molecular formula is C17H24N4O4S2. The summed E-state index contributed by atoms with van der Waals surface area (Å²) >= 11 is 0. The van der Waals surface area contributed by atoms with Crippen molar-refractivity contribution in [3.8, 4) is 0 Å². The van der Waals surface area contributed by atoms with Crippen LogP contribution in [0.3, 0.4) is 0 Å². The minimum atomic E-state index is -3.68. The van der Waals surface area contributed by atoms with E-state index in [-0.39, 0.29) is 36.0 Å². The SMILES string of the molecule is Cc1ccc(S(=O)(=O)N2CCCN(S(=O)(=O)c3cnn(C)c3)CC2)c(C)c1. The first-order chi connectivity index (χ1) is 12.6. The predicted molar refractivity (Wildman–Crippen MR) is 101 cm³/mol. The summed E-state index contributed by atoms with van der Waals surface area (Å²) in [6.45, 7) is 4.48. The van der Waals surface area contributed by atoms with Crippen molar-refractivity contribution < 1.29 is 16.8 Å². The Kier molecular flexibility index (Phi) is 5.44. The lowest BCUT2D eigenvalue weighted by Crippen LogP contribution is -2.37. The molecule has 0 N–H and O–H groups in total. The maximum absolute atomic E-state index is 13.0. The van der Waals surface area contributed by atoms with E-state index in [9.17, 15) is 16.8 Å². The lowest BCUT2D eigenvalue weighted by molar-refractivity contribution is 0.404. The van der Waals surface area contributed by atoms with Gasteiger partial charge in [0.25, 0.3) is 0 Å². The molecule has 8 nitrogen and oxygen atoms in total. The summed E-state index contributed by atoms with van der Waals surface area (Å²) in [7, 11) is -5.70. The average Bonchev–Trinajstić information content (AvgIpc) is 2.87. The van der Waals surface area contributed by atoms with E-state index in [0.717, 1.165) is 5.56 Å². The molecule has 0 atom stereocenters. The Morgan fingerprint density at radius 2 is 1.56 bits per heavy atom. The van der Waals surface area contributed by atoms with Gasteiger partial charge in [-0.05, 0) is 31.9 Å². The summed E-state index contributed by atoms with van der Waals surface area (Å²) in [5.41, 5.74) is 1.69. The highest BCUT2D eigenvalue weighted by atomic mass is 32.2. The smallest absolute Gasteiger partial charge is 0.246 e. The normalized spacial score (nSPS) is 17.7. The average molecular weight is 413 g/mol. The molecule has 0 spiro atoms. The van der Waals surface area contributed by atoms with Crippen molar-refractivity contribution in [2.24, 2.45) is 7.05 Å². The summed E-state index contributed by atoms with van der Waals surface area (Å²) in [6, 6.07) is 5.23. The van der Waals surface area contributed by atoms with Crippen LogP contribution in [-0.2, 0) is 27.1 Å². The lowest BCUT2D eigenvalue weighted by Gasteiger charge is -2.22. The number of hydrogen-bond donors (Lipinski definition) is 0. The molecule has 1 aromatic carbocycles. The fourth-order valence-corrected chi connectivity index (χ4v) is 6.39. The number of rotatable bonds is 4. The van der Waals surface area contributed by atoms with E-state index < -0.39 is 20.0 Å². The van der Waals surface area contributed by atoms with E-state index in [1.165, 1.54) is 25.7 Å². The van der Waals surface area contributed by atoms with Crippen molar-refractivity contribution >= 4 is 20.0 Å². The highest BCUT2D eigenvalue weighted by molar-refractivity contribution is 7.89. The Hall–Kier alpha value is -1.75. The Labute approximate surface area is 160 Å². The number of sulfonamides is 2. The molecule has 1 aliphatic rings. The topological polar surface area (TPSA) is 92.6 Å². The number of aryl methyl sites for hydroxylation is 3. The molecule has 0 amide bonds. The van der Waals surface area contributed by atoms with Gasteiger partial charge in [-0.15, -0.1) is 0 Å². The third-order valence-electron chi connectivity index (χ3n) is 4.68. The number of aromatic nitrogens is 2. The second kappa shape index (κ2) is 7.34. The van der Waals surface area contributed by atoms with Crippen molar-refractivity contribution in [1.29, 1.82) is 0 Å². The van der Waals surface area contributed by atoms with Crippen LogP contribution in [0.1, 0.15) is 17.5 Å². The van der Waals surface area contributed by atoms with Gasteiger partial charge in [-0.1, -0.05) is 17.7 Å². The molecule has 148 valence electrons. The molecule has 1 aliphatic heterocycles. The van der Waals surface area contributed by atoms with Crippen LogP contribution in [0.25, 0.3) is 0 Å². The molecular weight excluding hydrogens is 388 g/mol. The Morgan fingerprint density at radius 1 is 0.926 bits per heavy atom. The molecule has 0 saturated carbocycles. The zero-order valence-electron chi connectivity index (χ0n) is 15.7. The summed E-state index contributed by atoms with van der Waals surface area (Å²) < 4.78 is 55.8. The summed E-state index contributed by atoms with van der Waals surface area (Å²) in [5.74, 6) is 0. The van der Waals surface area contributed by atoms with Gasteiger partial charge < -0.3 is 0 Å². The maximum atomic E-state index is 13.0. The molecule has 0 unspecified atom stereocenters. The summed E-state index contributed by atoms with van der Waals surface area (Å²) in [5, 5.41) is 3.92. The van der Waals surface area contributed by atoms with Crippen LogP contribution < -0.4 is 0 Å². The van der Waals surface area contributed by atoms with E-state index in [1.54, 1.807) is 26.1 Å². The van der Waals surface area contributed by atoms with E-state index in [1.807, 2.05) is 13.0 Å². The second-order valence-corrected chi connectivity index (χ2v) is 10.6. The summed E-state index contributed by atoms with van der Waals surface area (Å²) in [4.78, 5) is 0.396. The van der Waals surface area contributed by atoms with Crippen LogP contribution in [0.15, 0.2) is 40.4 Å². The molecule has 1 aromatic heterocycles. The van der Waals surface area contributed by atoms with Gasteiger partial charge in [-0.2, -0.15) is 13.7 Å². The first-order valence-corrected chi connectivity index (χ1v) is 11.6. The minimum absolute atomic E-state index is 0.112. The third kappa shape index (κ3) is 3.93. The van der Waals surface area contributed by atoms with Crippen molar-refractivity contribution in [3.63, 3.8) is 0 Å². The van der Waals surface area contributed by atoms with Crippen molar-refractivity contribution in [3.05, 3.63) is 41.7 Å². The van der Waals surface area contributed by atoms with Gasteiger partial charge in [0.05, 0.1) is 11.1 Å². The molecule has 0 aliphatic carbocycles. The third-order valence-corrected chi connectivity index (χ3v) is 8.59. The van der Waals surface area contributed by atoms with Crippen LogP contribution in [0.2, 0.25) is 0 Å². The molecule has 0 bridgehead atoms. The van der Waals surface area contributed by atoms with Crippen LogP contribution in [0, 0.1) is 13.8 Å². The van der Waals surface area contributed by atoms with Gasteiger partial charge in [0, 0.05) is 39.4 Å². The molecule has 3 rings (SSSR count). The van der Waals surface area contributed by atoms with Gasteiger partial charge in [-0.3, -0.25) is 4.68 Å². The summed E-state index contributed by atoms with van der Waals surface area (Å²) in [6.07, 6.45) is 3.19. The zero-order chi connectivity index (χ0) is 19.8. The van der Waals surface area contributed by atoms with E-state index in [4.69, 9.17) is 0 Å². The highest BCUT2D eigenvalue weighted by Crippen LogP contribution is 2.24. The Bertz CT molecular complexity index is 1040. The highest BCUT2D eigenvalue weighted by Gasteiger charge is 2.32. The maximum Gasteiger partial charge on any atom is 0.246 e. The van der Waals surface area contributed by atoms with Crippen LogP contribution in [0.5, 0.6) is 0 Å². The fraction of sp³-hybridized carbons (Fsp3) is 0.471. The number of nitrogens with zero attached hydrogens (tertiary/aromatic N) is 4. The van der Waals surface area contributed by atoms with Crippen LogP contribution in [0.4, 0.5) is 0 Å². The molecule has 1 saturated heterocycles. The van der Waals surface area contributed by atoms with Gasteiger partial charge in [0.15, 0.2) is 0 Å². The number of benzene rings is 1. The van der Waals surface area contributed by atoms with Gasteiger partial charge in [-0.25, -0.2) is 16.8 Å². The van der Waals surface area contributed by atoms with Gasteiger partial charge in [0.1, 0.15) is 4.90 Å². The second-order valence-electron chi connectivity index (χ2n) is 6.78. The minimum Gasteiger partial charge on any atom is -0.274 e. The van der Waals surface area contributed by atoms with E-state index >= 15 is 0 Å². The first kappa shape index (κ1) is 20.0. The van der Waals surface area contributed by atoms with Crippen LogP contribution in [-0.4, -0.2) is 61.4 Å². The van der Waals surface area contributed by atoms with Gasteiger partial charge in [0.2, 0.25) is 20.0 Å². The Morgan fingerprint density at radius 3 is 2.11 bits per heavy atom. The zero-order valence-corrected chi connectivity index (χ0v) is 17.3. The van der Waals surface area contributed by atoms with Crippen molar-refractivity contribution in [2.45, 2.75) is 30.1 Å². The molecule has 0 radical (unpaired) electrons. The molecule has 10 heteroatoms. The number of hydrogen-bond acceptors (Lipinski definition) is 5. The standard InChI is InChI=1S/C17H24N4O4S2/c1-14-5-6-17(15(2)11-14)27(24,25)21-8-4-7-20(9-10-21)26(22,23)16-12-18-19(3)13-16/h5-6,11-13H,4,7-10H2,1-3H3. The van der Waals surface area contributed by atoms with Crippen molar-refractivity contribution in [2.75, 3.05) is 26.2 Å². The lowest BCUT2D eigenvalue weighted by atomic mass is 10.2. The predicted octanol–water partition coefficient (Wildman–Crippen LogP) is 1.12. The molecule has 1 fully saturated rings. The van der Waals surface area contributed by atoms with Crippen LogP contribution >= 0.6 is 0 Å². The fourth-order valence-electron chi connectivity index (χ4n) is 3.26. The molecule has 2 aromatic rings. The molecule has 2 heterocycles. The van der Waals surface area contributed by atoms with Crippen molar-refractivity contribution in [1.82, 2.24) is 18.4 Å². The van der Waals surface area contributed by atoms with Gasteiger partial charge >= 0.3 is 0 Å². The Balaban J connectivity index is 1.82. The quantitative estimate of drug-likeness (QED) is 0.750.